The summed E-state index contributed by atoms with van der Waals surface area (Å²) < 4.78 is 15.3. The highest BCUT2D eigenvalue weighted by molar-refractivity contribution is 5.74. The number of halogens is 1. The van der Waals surface area contributed by atoms with Crippen LogP contribution in [0.25, 0.3) is 17.2 Å². The fourth-order valence-electron chi connectivity index (χ4n) is 3.58. The smallest absolute Gasteiger partial charge is 0.320 e. The third kappa shape index (κ3) is 4.00. The number of carbonyl (C=O) groups excluding carboxylic acids is 1. The number of fused-ring (bicyclic) bond motifs is 1. The number of hydrogen-bond donors (Lipinski definition) is 1. The molecule has 2 amide bonds. The molecule has 0 spiro atoms. The van der Waals surface area contributed by atoms with Crippen molar-refractivity contribution in [1.82, 2.24) is 29.2 Å². The molecule has 0 radical (unpaired) electrons. The first-order valence-corrected chi connectivity index (χ1v) is 9.64. The van der Waals surface area contributed by atoms with Gasteiger partial charge in [-0.1, -0.05) is 0 Å². The van der Waals surface area contributed by atoms with Gasteiger partial charge in [-0.25, -0.2) is 24.1 Å². The topological polar surface area (TPSA) is 102 Å². The van der Waals surface area contributed by atoms with E-state index in [4.69, 9.17) is 5.26 Å². The molecule has 0 bridgehead atoms. The molecule has 1 aliphatic rings. The molecular weight excluding hydrogens is 387 g/mol. The molecule has 1 saturated heterocycles. The SMILES string of the molecule is CN(CC#N)C(=O)N1CCC[C@@H](Nc2ccnc(-c3cnc4ccc(F)cn34)n2)C1. The number of nitrogens with zero attached hydrogens (tertiary/aromatic N) is 7. The lowest BCUT2D eigenvalue weighted by atomic mass is 10.1. The minimum atomic E-state index is -0.371. The molecule has 30 heavy (non-hydrogen) atoms. The first kappa shape index (κ1) is 19.6. The lowest BCUT2D eigenvalue weighted by Gasteiger charge is -2.35. The largest absolute Gasteiger partial charge is 0.365 e. The zero-order valence-electron chi connectivity index (χ0n) is 16.5. The number of pyridine rings is 1. The second kappa shape index (κ2) is 8.32. The molecule has 1 fully saturated rings. The molecule has 1 atom stereocenters. The third-order valence-corrected chi connectivity index (χ3v) is 5.03. The summed E-state index contributed by atoms with van der Waals surface area (Å²) in [4.78, 5) is 28.7. The van der Waals surface area contributed by atoms with Crippen LogP contribution in [0.4, 0.5) is 15.0 Å². The molecule has 0 aliphatic carbocycles. The van der Waals surface area contributed by atoms with Gasteiger partial charge in [0.1, 0.15) is 29.5 Å². The summed E-state index contributed by atoms with van der Waals surface area (Å²) in [5.41, 5.74) is 1.20. The summed E-state index contributed by atoms with van der Waals surface area (Å²) in [6, 6.07) is 6.58. The standard InChI is InChI=1S/C20H21FN8O/c1-27(10-7-22)20(30)28-9-2-3-15(13-28)25-17-6-8-23-19(26-17)16-11-24-18-5-4-14(21)12-29(16)18/h4-6,8,11-12,15H,2-3,9-10,13H2,1H3,(H,23,25,26)/t15-/m1/s1. The number of aromatic nitrogens is 4. The number of nitrogens with one attached hydrogen (secondary N) is 1. The molecule has 3 aromatic rings. The van der Waals surface area contributed by atoms with E-state index < -0.39 is 0 Å². The maximum Gasteiger partial charge on any atom is 0.320 e. The molecule has 1 N–H and O–H groups in total. The van der Waals surface area contributed by atoms with E-state index in [1.165, 1.54) is 17.2 Å². The lowest BCUT2D eigenvalue weighted by Crippen LogP contribution is -2.49. The van der Waals surface area contributed by atoms with Crippen molar-refractivity contribution in [2.75, 3.05) is 32.0 Å². The van der Waals surface area contributed by atoms with Gasteiger partial charge in [0.05, 0.1) is 12.3 Å². The number of imidazole rings is 1. The fraction of sp³-hybridized carbons (Fsp3) is 0.350. The van der Waals surface area contributed by atoms with Crippen LogP contribution in [0, 0.1) is 17.1 Å². The van der Waals surface area contributed by atoms with Crippen LogP contribution in [0.1, 0.15) is 12.8 Å². The highest BCUT2D eigenvalue weighted by Gasteiger charge is 2.26. The van der Waals surface area contributed by atoms with Crippen LogP contribution >= 0.6 is 0 Å². The third-order valence-electron chi connectivity index (χ3n) is 5.03. The Labute approximate surface area is 172 Å². The van der Waals surface area contributed by atoms with Gasteiger partial charge in [-0.05, 0) is 31.0 Å². The summed E-state index contributed by atoms with van der Waals surface area (Å²) >= 11 is 0. The van der Waals surface area contributed by atoms with E-state index in [0.29, 0.717) is 36.1 Å². The second-order valence-electron chi connectivity index (χ2n) is 7.21. The second-order valence-corrected chi connectivity index (χ2v) is 7.21. The van der Waals surface area contributed by atoms with Gasteiger partial charge in [-0.3, -0.25) is 4.40 Å². The van der Waals surface area contributed by atoms with E-state index in [0.717, 1.165) is 12.8 Å². The molecule has 9 nitrogen and oxygen atoms in total. The number of hydrogen-bond acceptors (Lipinski definition) is 6. The van der Waals surface area contributed by atoms with Crippen LogP contribution in [0.15, 0.2) is 36.8 Å². The van der Waals surface area contributed by atoms with Gasteiger partial charge in [0.25, 0.3) is 0 Å². The molecule has 0 aromatic carbocycles. The number of nitriles is 1. The van der Waals surface area contributed by atoms with Crippen molar-refractivity contribution in [2.24, 2.45) is 0 Å². The van der Waals surface area contributed by atoms with Gasteiger partial charge in [-0.15, -0.1) is 0 Å². The van der Waals surface area contributed by atoms with Crippen molar-refractivity contribution in [3.05, 3.63) is 42.6 Å². The molecular formula is C20H21FN8O. The molecule has 3 aromatic heterocycles. The summed E-state index contributed by atoms with van der Waals surface area (Å²) in [6.45, 7) is 1.24. The summed E-state index contributed by atoms with van der Waals surface area (Å²) in [7, 11) is 1.62. The van der Waals surface area contributed by atoms with Crippen LogP contribution in [0.2, 0.25) is 0 Å². The highest BCUT2D eigenvalue weighted by atomic mass is 19.1. The van der Waals surface area contributed by atoms with Crippen molar-refractivity contribution in [1.29, 1.82) is 5.26 Å². The Morgan fingerprint density at radius 2 is 2.27 bits per heavy atom. The van der Waals surface area contributed by atoms with Crippen LogP contribution < -0.4 is 5.32 Å². The summed E-state index contributed by atoms with van der Waals surface area (Å²) in [6.07, 6.45) is 6.35. The summed E-state index contributed by atoms with van der Waals surface area (Å²) in [5, 5.41) is 12.2. The maximum atomic E-state index is 13.7. The number of rotatable bonds is 4. The van der Waals surface area contributed by atoms with Gasteiger partial charge in [0, 0.05) is 38.6 Å². The molecule has 10 heteroatoms. The van der Waals surface area contributed by atoms with Gasteiger partial charge >= 0.3 is 6.03 Å². The van der Waals surface area contributed by atoms with Crippen LogP contribution in [0.3, 0.4) is 0 Å². The predicted octanol–water partition coefficient (Wildman–Crippen LogP) is 2.38. The minimum absolute atomic E-state index is 0.0283. The number of piperidine rings is 1. The number of carbonyl (C=O) groups is 1. The molecule has 1 aliphatic heterocycles. The zero-order chi connectivity index (χ0) is 21.1. The lowest BCUT2D eigenvalue weighted by molar-refractivity contribution is 0.154. The normalized spacial score (nSPS) is 16.3. The number of anilines is 1. The van der Waals surface area contributed by atoms with E-state index in [2.05, 4.69) is 20.3 Å². The minimum Gasteiger partial charge on any atom is -0.365 e. The fourth-order valence-corrected chi connectivity index (χ4v) is 3.58. The van der Waals surface area contributed by atoms with E-state index in [9.17, 15) is 9.18 Å². The Balaban J connectivity index is 1.50. The number of amides is 2. The Hall–Kier alpha value is -3.74. The van der Waals surface area contributed by atoms with Crippen molar-refractivity contribution < 1.29 is 9.18 Å². The van der Waals surface area contributed by atoms with E-state index in [-0.39, 0.29) is 24.4 Å². The van der Waals surface area contributed by atoms with Crippen molar-refractivity contribution >= 4 is 17.5 Å². The Kier molecular flexibility index (Phi) is 5.43. The summed E-state index contributed by atoms with van der Waals surface area (Å²) in [5.74, 6) is 0.677. The Morgan fingerprint density at radius 1 is 1.40 bits per heavy atom. The average molecular weight is 408 g/mol. The van der Waals surface area contributed by atoms with Crippen molar-refractivity contribution in [3.63, 3.8) is 0 Å². The average Bonchev–Trinajstić information content (AvgIpc) is 3.17. The van der Waals surface area contributed by atoms with Crippen LogP contribution in [0.5, 0.6) is 0 Å². The Bertz CT molecular complexity index is 1110. The van der Waals surface area contributed by atoms with Gasteiger partial charge in [0.2, 0.25) is 0 Å². The Morgan fingerprint density at radius 3 is 3.10 bits per heavy atom. The van der Waals surface area contributed by atoms with E-state index in [1.54, 1.807) is 40.9 Å². The monoisotopic (exact) mass is 408 g/mol. The quantitative estimate of drug-likeness (QED) is 0.665. The number of urea groups is 1. The zero-order valence-corrected chi connectivity index (χ0v) is 16.5. The number of likely N-dealkylation sites (tertiary alicyclic amines) is 1. The molecule has 4 rings (SSSR count). The van der Waals surface area contributed by atoms with E-state index >= 15 is 0 Å². The van der Waals surface area contributed by atoms with Crippen LogP contribution in [-0.2, 0) is 0 Å². The van der Waals surface area contributed by atoms with Gasteiger partial charge < -0.3 is 15.1 Å². The van der Waals surface area contributed by atoms with Crippen LogP contribution in [-0.4, -0.2) is 67.9 Å². The van der Waals surface area contributed by atoms with Gasteiger partial charge in [-0.2, -0.15) is 5.26 Å². The highest BCUT2D eigenvalue weighted by Crippen LogP contribution is 2.21. The first-order chi connectivity index (χ1) is 14.5. The molecule has 0 unspecified atom stereocenters. The van der Waals surface area contributed by atoms with Crippen molar-refractivity contribution in [2.45, 2.75) is 18.9 Å². The van der Waals surface area contributed by atoms with E-state index in [1.807, 2.05) is 6.07 Å². The first-order valence-electron chi connectivity index (χ1n) is 9.64. The molecule has 154 valence electrons. The molecule has 0 saturated carbocycles. The van der Waals surface area contributed by atoms with Gasteiger partial charge in [0.15, 0.2) is 5.82 Å². The predicted molar refractivity (Wildman–Crippen MR) is 108 cm³/mol. The molecule has 4 heterocycles. The van der Waals surface area contributed by atoms with Crippen molar-refractivity contribution in [3.8, 4) is 17.6 Å². The maximum absolute atomic E-state index is 13.7.